The summed E-state index contributed by atoms with van der Waals surface area (Å²) >= 11 is 9.55. The first-order valence-corrected chi connectivity index (χ1v) is 6.96. The minimum atomic E-state index is -3.91. The molecule has 0 atom stereocenters. The molecule has 0 aliphatic rings. The summed E-state index contributed by atoms with van der Waals surface area (Å²) < 4.78 is 22.4. The Morgan fingerprint density at radius 1 is 1.47 bits per heavy atom. The minimum absolute atomic E-state index is 0.0990. The number of hydrogen-bond acceptors (Lipinski definition) is 4. The van der Waals surface area contributed by atoms with Crippen LogP contribution >= 0.6 is 34.9 Å². The van der Waals surface area contributed by atoms with E-state index in [9.17, 15) is 8.42 Å². The lowest BCUT2D eigenvalue weighted by molar-refractivity contribution is 0.608. The second kappa shape index (κ2) is 4.62. The fourth-order valence-corrected chi connectivity index (χ4v) is 2.96. The van der Waals surface area contributed by atoms with Gasteiger partial charge in [0, 0.05) is 21.1 Å². The summed E-state index contributed by atoms with van der Waals surface area (Å²) in [6, 6.07) is 4.55. The largest absolute Gasteiger partial charge is 0.261 e. The molecular formula is C8H5Cl2NO2S2. The first-order chi connectivity index (χ1) is 6.90. The van der Waals surface area contributed by atoms with Crippen molar-refractivity contribution in [2.24, 2.45) is 0 Å². The van der Waals surface area contributed by atoms with Gasteiger partial charge in [0.2, 0.25) is 0 Å². The van der Waals surface area contributed by atoms with Crippen molar-refractivity contribution in [3.63, 3.8) is 0 Å². The first-order valence-electron chi connectivity index (χ1n) is 3.66. The third kappa shape index (κ3) is 2.79. The summed E-state index contributed by atoms with van der Waals surface area (Å²) in [5, 5.41) is 8.78. The number of nitrogens with zero attached hydrogens (tertiary/aromatic N) is 1. The van der Waals surface area contributed by atoms with Gasteiger partial charge in [-0.05, 0) is 12.1 Å². The smallest absolute Gasteiger partial charge is 0.207 e. The predicted molar refractivity (Wildman–Crippen MR) is 61.0 cm³/mol. The molecule has 0 aromatic heterocycles. The van der Waals surface area contributed by atoms with Gasteiger partial charge in [-0.2, -0.15) is 5.26 Å². The van der Waals surface area contributed by atoms with Crippen LogP contribution in [0.25, 0.3) is 0 Å². The minimum Gasteiger partial charge on any atom is -0.207 e. The Morgan fingerprint density at radius 3 is 2.47 bits per heavy atom. The third-order valence-electron chi connectivity index (χ3n) is 1.71. The number of rotatable bonds is 2. The van der Waals surface area contributed by atoms with E-state index < -0.39 is 9.05 Å². The molecule has 0 saturated carbocycles. The molecule has 0 N–H and O–H groups in total. The molecule has 0 spiro atoms. The highest BCUT2D eigenvalue weighted by Gasteiger charge is 2.19. The lowest BCUT2D eigenvalue weighted by Crippen LogP contribution is -1.99. The molecule has 0 unspecified atom stereocenters. The van der Waals surface area contributed by atoms with E-state index in [-0.39, 0.29) is 21.9 Å². The van der Waals surface area contributed by atoms with Crippen LogP contribution in [0.5, 0.6) is 0 Å². The van der Waals surface area contributed by atoms with Crippen molar-refractivity contribution in [1.82, 2.24) is 0 Å². The summed E-state index contributed by atoms with van der Waals surface area (Å²) in [7, 11) is 1.30. The SMILES string of the molecule is N#Cc1cc(S)cc(S(=O)(=O)Cl)c1CCl. The van der Waals surface area contributed by atoms with Crippen molar-refractivity contribution >= 4 is 44.0 Å². The van der Waals surface area contributed by atoms with Crippen LogP contribution in [-0.2, 0) is 14.9 Å². The van der Waals surface area contributed by atoms with Gasteiger partial charge in [-0.15, -0.1) is 24.2 Å². The van der Waals surface area contributed by atoms with E-state index >= 15 is 0 Å². The van der Waals surface area contributed by atoms with Crippen molar-refractivity contribution in [2.45, 2.75) is 15.7 Å². The lowest BCUT2D eigenvalue weighted by atomic mass is 10.1. The Bertz CT molecular complexity index is 534. The molecule has 7 heteroatoms. The quantitative estimate of drug-likeness (QED) is 0.515. The number of thiol groups is 1. The van der Waals surface area contributed by atoms with Crippen molar-refractivity contribution in [3.8, 4) is 6.07 Å². The van der Waals surface area contributed by atoms with Gasteiger partial charge in [0.1, 0.15) is 0 Å². The topological polar surface area (TPSA) is 57.9 Å². The Morgan fingerprint density at radius 2 is 2.07 bits per heavy atom. The van der Waals surface area contributed by atoms with Crippen LogP contribution in [0.2, 0.25) is 0 Å². The van der Waals surface area contributed by atoms with Crippen LogP contribution < -0.4 is 0 Å². The first kappa shape index (κ1) is 12.7. The fourth-order valence-electron chi connectivity index (χ4n) is 1.09. The summed E-state index contributed by atoms with van der Waals surface area (Å²) in [4.78, 5) is 0.183. The maximum Gasteiger partial charge on any atom is 0.261 e. The molecule has 0 bridgehead atoms. The highest BCUT2D eigenvalue weighted by atomic mass is 35.7. The molecule has 0 fully saturated rings. The zero-order valence-corrected chi connectivity index (χ0v) is 10.5. The highest BCUT2D eigenvalue weighted by molar-refractivity contribution is 8.13. The Kier molecular flexibility index (Phi) is 3.90. The van der Waals surface area contributed by atoms with Gasteiger partial charge in [-0.25, -0.2) is 8.42 Å². The molecule has 1 aromatic rings. The van der Waals surface area contributed by atoms with Crippen molar-refractivity contribution in [2.75, 3.05) is 0 Å². The zero-order valence-electron chi connectivity index (χ0n) is 7.24. The number of benzene rings is 1. The molecular weight excluding hydrogens is 277 g/mol. The van der Waals surface area contributed by atoms with Crippen molar-refractivity contribution < 1.29 is 8.42 Å². The van der Waals surface area contributed by atoms with Crippen molar-refractivity contribution in [3.05, 3.63) is 23.3 Å². The zero-order chi connectivity index (χ0) is 11.6. The summed E-state index contributed by atoms with van der Waals surface area (Å²) in [5.41, 5.74) is 0.365. The standard InChI is InChI=1S/C8H5Cl2NO2S2/c9-3-7-5(4-11)1-6(14)2-8(7)15(10,12)13/h1-2,14H,3H2. The van der Waals surface area contributed by atoms with Gasteiger partial charge < -0.3 is 0 Å². The molecule has 0 aliphatic carbocycles. The van der Waals surface area contributed by atoms with E-state index in [1.54, 1.807) is 0 Å². The van der Waals surface area contributed by atoms with Crippen LogP contribution in [0.1, 0.15) is 11.1 Å². The van der Waals surface area contributed by atoms with Gasteiger partial charge in [0.05, 0.1) is 22.4 Å². The van der Waals surface area contributed by atoms with Gasteiger partial charge >= 0.3 is 0 Å². The molecule has 0 saturated heterocycles. The number of halogens is 2. The fraction of sp³-hybridized carbons (Fsp3) is 0.125. The number of nitriles is 1. The van der Waals surface area contributed by atoms with Crippen LogP contribution in [-0.4, -0.2) is 8.42 Å². The van der Waals surface area contributed by atoms with Crippen LogP contribution in [0.4, 0.5) is 0 Å². The summed E-state index contributed by atoms with van der Waals surface area (Å²) in [6.07, 6.45) is 0. The van der Waals surface area contributed by atoms with Crippen LogP contribution in [0, 0.1) is 11.3 Å². The molecule has 80 valence electrons. The van der Waals surface area contributed by atoms with Crippen LogP contribution in [0.3, 0.4) is 0 Å². The average Bonchev–Trinajstić information content (AvgIpc) is 2.15. The Balaban J connectivity index is 3.66. The highest BCUT2D eigenvalue weighted by Crippen LogP contribution is 2.27. The number of hydrogen-bond donors (Lipinski definition) is 1. The van der Waals surface area contributed by atoms with Gasteiger partial charge in [-0.3, -0.25) is 0 Å². The molecule has 0 aliphatic heterocycles. The van der Waals surface area contributed by atoms with E-state index in [1.165, 1.54) is 12.1 Å². The van der Waals surface area contributed by atoms with Gasteiger partial charge in [0.25, 0.3) is 9.05 Å². The average molecular weight is 282 g/mol. The summed E-state index contributed by atoms with van der Waals surface area (Å²) in [6.45, 7) is 0. The summed E-state index contributed by atoms with van der Waals surface area (Å²) in [5.74, 6) is -0.0990. The van der Waals surface area contributed by atoms with Gasteiger partial charge in [-0.1, -0.05) is 0 Å². The van der Waals surface area contributed by atoms with Gasteiger partial charge in [0.15, 0.2) is 0 Å². The van der Waals surface area contributed by atoms with E-state index in [0.717, 1.165) is 0 Å². The molecule has 1 rings (SSSR count). The molecule has 3 nitrogen and oxygen atoms in total. The van der Waals surface area contributed by atoms with E-state index in [2.05, 4.69) is 12.6 Å². The third-order valence-corrected chi connectivity index (χ3v) is 3.62. The molecule has 1 aromatic carbocycles. The van der Waals surface area contributed by atoms with Crippen LogP contribution in [0.15, 0.2) is 21.9 Å². The lowest BCUT2D eigenvalue weighted by Gasteiger charge is -2.06. The second-order valence-corrected chi connectivity index (χ2v) is 5.97. The predicted octanol–water partition coefficient (Wildman–Crippen LogP) is 2.51. The van der Waals surface area contributed by atoms with Crippen molar-refractivity contribution in [1.29, 1.82) is 5.26 Å². The Labute approximate surface area is 102 Å². The van der Waals surface area contributed by atoms with E-state index in [1.807, 2.05) is 6.07 Å². The molecule has 0 amide bonds. The molecule has 0 radical (unpaired) electrons. The maximum absolute atomic E-state index is 11.2. The Hall–Kier alpha value is -0.410. The van der Waals surface area contributed by atoms with E-state index in [4.69, 9.17) is 27.5 Å². The monoisotopic (exact) mass is 281 g/mol. The number of alkyl halides is 1. The van der Waals surface area contributed by atoms with E-state index in [0.29, 0.717) is 4.90 Å². The molecule has 15 heavy (non-hydrogen) atoms. The maximum atomic E-state index is 11.2. The second-order valence-electron chi connectivity index (χ2n) is 2.65. The normalized spacial score (nSPS) is 11.1. The molecule has 0 heterocycles.